The van der Waals surface area contributed by atoms with Gasteiger partial charge in [0, 0.05) is 122 Å². The van der Waals surface area contributed by atoms with Crippen LogP contribution in [0.4, 0.5) is 68.2 Å². The zero-order chi connectivity index (χ0) is 93.7. The quantitative estimate of drug-likeness (QED) is 0.0836. The van der Waals surface area contributed by atoms with Crippen molar-refractivity contribution < 1.29 is 17.7 Å². The molecule has 0 aliphatic heterocycles. The highest BCUT2D eigenvalue weighted by Gasteiger charge is 2.29. The monoisotopic (exact) mass is 1810 g/mol. The molecular weight excluding hydrogens is 1730 g/mol. The summed E-state index contributed by atoms with van der Waals surface area (Å²) >= 11 is 0. The Morgan fingerprint density at radius 1 is 0.127 bits per heavy atom. The average molecular weight is 1820 g/mol. The van der Waals surface area contributed by atoms with Crippen molar-refractivity contribution in [3.63, 3.8) is 0 Å². The predicted molar refractivity (Wildman–Crippen MR) is 595 cm³/mol. The van der Waals surface area contributed by atoms with E-state index in [1.165, 1.54) is 32.3 Å². The summed E-state index contributed by atoms with van der Waals surface area (Å²) in [6.45, 7) is 0. The van der Waals surface area contributed by atoms with Crippen molar-refractivity contribution >= 4 is 210 Å². The van der Waals surface area contributed by atoms with Crippen molar-refractivity contribution in [1.29, 1.82) is 0 Å². The molecule has 8 nitrogen and oxygen atoms in total. The van der Waals surface area contributed by atoms with Crippen LogP contribution in [0.2, 0.25) is 0 Å². The van der Waals surface area contributed by atoms with E-state index >= 15 is 0 Å². The molecule has 666 valence electrons. The van der Waals surface area contributed by atoms with Gasteiger partial charge in [0.15, 0.2) is 11.2 Å². The van der Waals surface area contributed by atoms with Gasteiger partial charge < -0.3 is 37.3 Å². The van der Waals surface area contributed by atoms with Gasteiger partial charge in [0.2, 0.25) is 0 Å². The van der Waals surface area contributed by atoms with Crippen molar-refractivity contribution in [3.05, 3.63) is 522 Å². The summed E-state index contributed by atoms with van der Waals surface area (Å²) in [6, 6.07) is 186. The molecule has 0 radical (unpaired) electrons. The Morgan fingerprint density at radius 3 is 0.873 bits per heavy atom. The van der Waals surface area contributed by atoms with Crippen LogP contribution in [0, 0.1) is 0 Å². The molecule has 8 heteroatoms. The first kappa shape index (κ1) is 82.4. The molecule has 0 saturated heterocycles. The molecule has 0 unspecified atom stereocenters. The molecule has 4 aromatic heterocycles. The molecule has 0 N–H and O–H groups in total. The third-order valence-corrected chi connectivity index (χ3v) is 28.2. The summed E-state index contributed by atoms with van der Waals surface area (Å²) < 4.78 is 27.5. The fraction of sp³-hybridized carbons (Fsp3) is 0. The number of anilines is 12. The van der Waals surface area contributed by atoms with Gasteiger partial charge in [-0.3, -0.25) is 0 Å². The van der Waals surface area contributed by atoms with Crippen LogP contribution in [0.25, 0.3) is 197 Å². The largest absolute Gasteiger partial charge is 0.455 e. The lowest BCUT2D eigenvalue weighted by molar-refractivity contribution is 0.668. The van der Waals surface area contributed by atoms with Crippen molar-refractivity contribution in [2.75, 3.05) is 19.6 Å². The van der Waals surface area contributed by atoms with E-state index in [4.69, 9.17) is 17.7 Å². The number of hydrogen-bond donors (Lipinski definition) is 0. The first-order valence-electron chi connectivity index (χ1n) is 48.3. The number of furan rings is 4. The smallest absolute Gasteiger partial charge is 0.159 e. The average Bonchev–Trinajstić information content (AvgIpc) is 1.54. The lowest BCUT2D eigenvalue weighted by Gasteiger charge is -2.28. The van der Waals surface area contributed by atoms with Crippen LogP contribution in [-0.4, -0.2) is 0 Å². The lowest BCUT2D eigenvalue weighted by atomic mass is 9.94. The molecule has 0 bridgehead atoms. The van der Waals surface area contributed by atoms with E-state index in [-0.39, 0.29) is 0 Å². The maximum absolute atomic E-state index is 7.07. The molecule has 4 heterocycles. The second kappa shape index (κ2) is 34.7. The van der Waals surface area contributed by atoms with Crippen LogP contribution in [-0.2, 0) is 0 Å². The standard InChI is InChI=1S/C68H44N2O2.C66H42N2O2/c1-4-19-46(20-5-1)52-25-12-15-31-61(52)69(49-23-8-3-9-24-49)51-40-42-59-65(44-51)72-68-58-41-37-48(43-60(58)54-27-10-11-29-56(54)66(59)68)45-35-38-50(39-36-45)70(62-32-16-13-26-53(62)47-21-6-2-7-22-47)63-33-18-30-57-55-28-14-17-34-64(55)71-67(57)63;1-3-17-45(18-4-1)52-22-11-13-27-60(52)68(61-28-15-26-56-54-24-12-14-29-62(54)69-65(56)61)49-34-30-44(31-35-49)47-33-38-57-59(41-47)53-23-9-10-25-55(53)64-58-39-37-51(42-63(58)70-66(57)64)67(48-20-5-2-6-21-48)50-36-32-43-16-7-8-19-46(43)40-50/h1-44H;1-42H. The minimum absolute atomic E-state index is 0.842. The van der Waals surface area contributed by atoms with Gasteiger partial charge >= 0.3 is 0 Å². The Morgan fingerprint density at radius 2 is 0.423 bits per heavy atom. The fourth-order valence-electron chi connectivity index (χ4n) is 21.7. The zero-order valence-electron chi connectivity index (χ0n) is 77.1. The summed E-state index contributed by atoms with van der Waals surface area (Å²) in [4.78, 5) is 9.33. The normalized spacial score (nSPS) is 11.7. The van der Waals surface area contributed by atoms with E-state index in [0.717, 1.165) is 233 Å². The van der Waals surface area contributed by atoms with Crippen LogP contribution < -0.4 is 19.6 Å². The Balaban J connectivity index is 0.000000142. The molecule has 0 saturated carbocycles. The maximum atomic E-state index is 7.07. The molecule has 142 heavy (non-hydrogen) atoms. The molecule has 28 rings (SSSR count). The van der Waals surface area contributed by atoms with Crippen LogP contribution >= 0.6 is 0 Å². The predicted octanol–water partition coefficient (Wildman–Crippen LogP) is 39.0. The Kier molecular flexibility index (Phi) is 20.1. The van der Waals surface area contributed by atoms with E-state index in [2.05, 4.69) is 517 Å². The molecule has 0 amide bonds. The van der Waals surface area contributed by atoms with Gasteiger partial charge in [0.25, 0.3) is 0 Å². The highest BCUT2D eigenvalue weighted by atomic mass is 16.3. The van der Waals surface area contributed by atoms with Gasteiger partial charge in [0.05, 0.1) is 28.4 Å². The van der Waals surface area contributed by atoms with E-state index in [1.54, 1.807) is 0 Å². The lowest BCUT2D eigenvalue weighted by Crippen LogP contribution is -2.11. The van der Waals surface area contributed by atoms with E-state index < -0.39 is 0 Å². The molecule has 0 atom stereocenters. The number of nitrogens with zero attached hydrogens (tertiary/aromatic N) is 4. The molecule has 0 fully saturated rings. The summed E-state index contributed by atoms with van der Waals surface area (Å²) in [5.41, 5.74) is 30.8. The Bertz CT molecular complexity index is 9760. The van der Waals surface area contributed by atoms with E-state index in [0.29, 0.717) is 0 Å². The third-order valence-electron chi connectivity index (χ3n) is 28.2. The van der Waals surface area contributed by atoms with Gasteiger partial charge in [-0.25, -0.2) is 0 Å². The second-order valence-corrected chi connectivity index (χ2v) is 36.4. The van der Waals surface area contributed by atoms with Crippen molar-refractivity contribution in [1.82, 2.24) is 0 Å². The third kappa shape index (κ3) is 14.2. The molecule has 24 aromatic carbocycles. The van der Waals surface area contributed by atoms with E-state index in [9.17, 15) is 0 Å². The van der Waals surface area contributed by atoms with Crippen molar-refractivity contribution in [3.8, 4) is 55.6 Å². The fourth-order valence-corrected chi connectivity index (χ4v) is 21.7. The van der Waals surface area contributed by atoms with Crippen molar-refractivity contribution in [2.24, 2.45) is 0 Å². The second-order valence-electron chi connectivity index (χ2n) is 36.4. The molecule has 28 aromatic rings. The first-order valence-corrected chi connectivity index (χ1v) is 48.3. The van der Waals surface area contributed by atoms with Gasteiger partial charge in [-0.1, -0.05) is 358 Å². The van der Waals surface area contributed by atoms with Gasteiger partial charge in [-0.05, 0) is 234 Å². The Labute approximate surface area is 818 Å². The molecule has 0 aliphatic rings. The maximum Gasteiger partial charge on any atom is 0.159 e. The number of para-hydroxylation sites is 9. The number of hydrogen-bond acceptors (Lipinski definition) is 8. The SMILES string of the molecule is c1ccc(-c2ccccc2N(c2ccc(-c3ccc4c(c3)c3ccccc3c3c5ccc(N(c6ccccc6)c6ccc7ccccc7c6)cc5oc43)cc2)c2cccc3c2oc2ccccc23)cc1.c1ccc(-c2ccccc2N(c2ccccc2)c2ccc3c(c2)oc2c4ccc(-c5ccc(N(c6ccccc6-c6ccccc6)c6cccc7c6oc6ccccc67)cc5)cc4c4ccccc4c32)cc1. The number of rotatable bonds is 17. The number of benzene rings is 24. The summed E-state index contributed by atoms with van der Waals surface area (Å²) in [5.74, 6) is 0. The summed E-state index contributed by atoms with van der Waals surface area (Å²) in [7, 11) is 0. The molecule has 0 spiro atoms. The first-order chi connectivity index (χ1) is 70.4. The summed E-state index contributed by atoms with van der Waals surface area (Å²) in [5, 5.41) is 20.4. The zero-order valence-corrected chi connectivity index (χ0v) is 77.1. The van der Waals surface area contributed by atoms with Crippen LogP contribution in [0.1, 0.15) is 0 Å². The van der Waals surface area contributed by atoms with Crippen LogP contribution in [0.5, 0.6) is 0 Å². The number of fused-ring (bicyclic) bond motifs is 23. The van der Waals surface area contributed by atoms with Gasteiger partial charge in [0.1, 0.15) is 33.5 Å². The van der Waals surface area contributed by atoms with Crippen LogP contribution in [0.15, 0.2) is 539 Å². The van der Waals surface area contributed by atoms with Gasteiger partial charge in [-0.2, -0.15) is 0 Å². The van der Waals surface area contributed by atoms with Crippen LogP contribution in [0.3, 0.4) is 0 Å². The highest BCUT2D eigenvalue weighted by Crippen LogP contribution is 2.53. The molecular formula is C134H86N4O4. The van der Waals surface area contributed by atoms with Gasteiger partial charge in [-0.15, -0.1) is 0 Å². The minimum Gasteiger partial charge on any atom is -0.455 e. The highest BCUT2D eigenvalue weighted by molar-refractivity contribution is 6.32. The van der Waals surface area contributed by atoms with E-state index in [1.807, 2.05) is 24.3 Å². The van der Waals surface area contributed by atoms with Crippen molar-refractivity contribution in [2.45, 2.75) is 0 Å². The minimum atomic E-state index is 0.842. The Hall–Kier alpha value is -19.0. The molecule has 0 aliphatic carbocycles. The topological polar surface area (TPSA) is 65.5 Å². The summed E-state index contributed by atoms with van der Waals surface area (Å²) in [6.07, 6.45) is 0.